The minimum Gasteiger partial charge on any atom is -0.543 e. The number of para-hydroxylation sites is 1. The fraction of sp³-hybridized carbons (Fsp3) is 0.0588. The Morgan fingerprint density at radius 1 is 1.09 bits per heavy atom. The lowest BCUT2D eigenvalue weighted by Crippen LogP contribution is -2.33. The third-order valence-electron chi connectivity index (χ3n) is 3.33. The Bertz CT molecular complexity index is 883. The molecule has 1 N–H and O–H groups in total. The van der Waals surface area contributed by atoms with Crippen molar-refractivity contribution in [3.8, 4) is 0 Å². The molecule has 0 aliphatic rings. The summed E-state index contributed by atoms with van der Waals surface area (Å²) in [5, 5.41) is 16.1. The third kappa shape index (κ3) is 3.16. The molecule has 6 heteroatoms. The van der Waals surface area contributed by atoms with E-state index in [9.17, 15) is 9.90 Å². The number of aryl methyl sites for hydroxylation is 1. The van der Waals surface area contributed by atoms with Crippen molar-refractivity contribution in [3.63, 3.8) is 0 Å². The van der Waals surface area contributed by atoms with Crippen LogP contribution in [0.25, 0.3) is 10.9 Å². The van der Waals surface area contributed by atoms with Crippen LogP contribution in [0.15, 0.2) is 60.0 Å². The Balaban J connectivity index is 1.97. The number of rotatable bonds is 4. The highest BCUT2D eigenvalue weighted by Crippen LogP contribution is 2.18. The zero-order valence-electron chi connectivity index (χ0n) is 12.4. The molecule has 6 nitrogen and oxygen atoms in total. The summed E-state index contributed by atoms with van der Waals surface area (Å²) in [7, 11) is 0. The van der Waals surface area contributed by atoms with Gasteiger partial charge in [0.05, 0.1) is 11.5 Å². The lowest BCUT2D eigenvalue weighted by molar-refractivity contribution is -0.294. The number of nitrogens with one attached hydrogen (secondary N) is 1. The molecule has 0 unspecified atom stereocenters. The van der Waals surface area contributed by atoms with E-state index in [1.807, 2.05) is 43.3 Å². The number of carboxylic acids is 1. The smallest absolute Gasteiger partial charge is 0.157 e. The number of carbonyl (C=O) groups is 1. The number of anilines is 1. The first-order valence-corrected chi connectivity index (χ1v) is 6.97. The fourth-order valence-electron chi connectivity index (χ4n) is 2.14. The Kier molecular flexibility index (Phi) is 3.97. The lowest BCUT2D eigenvalue weighted by atomic mass is 10.1. The minimum absolute atomic E-state index is 0.187. The van der Waals surface area contributed by atoms with Gasteiger partial charge in [-0.05, 0) is 19.1 Å². The molecule has 0 spiro atoms. The van der Waals surface area contributed by atoms with Crippen LogP contribution >= 0.6 is 0 Å². The van der Waals surface area contributed by atoms with Crippen molar-refractivity contribution in [1.29, 1.82) is 0 Å². The number of carbonyl (C=O) groups excluding carboxylic acids is 1. The molecule has 1 heterocycles. The number of fused-ring (bicyclic) bond motifs is 1. The van der Waals surface area contributed by atoms with E-state index in [1.54, 1.807) is 12.1 Å². The average Bonchev–Trinajstić information content (AvgIpc) is 2.56. The molecule has 0 aliphatic heterocycles. The number of hydrazone groups is 1. The second kappa shape index (κ2) is 6.23. The number of benzene rings is 2. The number of carboxylic acid groups (broad SMARTS) is 1. The number of hydrogen-bond donors (Lipinski definition) is 1. The van der Waals surface area contributed by atoms with Crippen LogP contribution in [0.1, 0.15) is 11.1 Å². The molecular weight excluding hydrogens is 292 g/mol. The van der Waals surface area contributed by atoms with Crippen LogP contribution in [-0.2, 0) is 4.79 Å². The molecule has 0 bridgehead atoms. The van der Waals surface area contributed by atoms with E-state index in [0.717, 1.165) is 16.5 Å². The van der Waals surface area contributed by atoms with E-state index in [4.69, 9.17) is 0 Å². The molecule has 0 amide bonds. The average molecular weight is 305 g/mol. The largest absolute Gasteiger partial charge is 0.543 e. The van der Waals surface area contributed by atoms with Crippen LogP contribution in [0, 0.1) is 6.92 Å². The highest BCUT2D eigenvalue weighted by molar-refractivity contribution is 6.41. The third-order valence-corrected chi connectivity index (χ3v) is 3.33. The van der Waals surface area contributed by atoms with Crippen molar-refractivity contribution in [2.75, 3.05) is 5.43 Å². The van der Waals surface area contributed by atoms with Crippen LogP contribution < -0.4 is 10.5 Å². The second-order valence-electron chi connectivity index (χ2n) is 4.97. The van der Waals surface area contributed by atoms with Gasteiger partial charge in [-0.25, -0.2) is 9.97 Å². The normalized spacial score (nSPS) is 11.4. The molecular formula is C17H13N4O2-. The zero-order chi connectivity index (χ0) is 16.2. The Morgan fingerprint density at radius 3 is 2.57 bits per heavy atom. The number of hydrogen-bond acceptors (Lipinski definition) is 6. The first-order valence-electron chi connectivity index (χ1n) is 6.97. The Hall–Kier alpha value is -3.28. The van der Waals surface area contributed by atoms with E-state index in [0.29, 0.717) is 11.4 Å². The van der Waals surface area contributed by atoms with Gasteiger partial charge in [0, 0.05) is 10.9 Å². The molecule has 1 aromatic heterocycles. The summed E-state index contributed by atoms with van der Waals surface area (Å²) in [6.45, 7) is 1.92. The van der Waals surface area contributed by atoms with Gasteiger partial charge in [-0.2, -0.15) is 5.10 Å². The minimum atomic E-state index is -1.36. The molecule has 23 heavy (non-hydrogen) atoms. The summed E-state index contributed by atoms with van der Waals surface area (Å²) in [6, 6.07) is 14.4. The van der Waals surface area contributed by atoms with Crippen molar-refractivity contribution < 1.29 is 9.90 Å². The van der Waals surface area contributed by atoms with Crippen molar-refractivity contribution in [2.45, 2.75) is 6.92 Å². The molecule has 114 valence electrons. The van der Waals surface area contributed by atoms with Gasteiger partial charge in [0.25, 0.3) is 0 Å². The van der Waals surface area contributed by atoms with Gasteiger partial charge in [-0.15, -0.1) is 0 Å². The zero-order valence-corrected chi connectivity index (χ0v) is 12.4. The summed E-state index contributed by atoms with van der Waals surface area (Å²) in [5.74, 6) is -0.929. The molecule has 2 aromatic carbocycles. The van der Waals surface area contributed by atoms with Gasteiger partial charge in [0.1, 0.15) is 12.0 Å². The van der Waals surface area contributed by atoms with Crippen molar-refractivity contribution in [3.05, 3.63) is 66.0 Å². The highest BCUT2D eigenvalue weighted by Gasteiger charge is 2.07. The van der Waals surface area contributed by atoms with E-state index in [1.165, 1.54) is 6.33 Å². The Morgan fingerprint density at radius 2 is 1.83 bits per heavy atom. The molecule has 0 fully saturated rings. The Labute approximate surface area is 132 Å². The molecule has 0 saturated carbocycles. The van der Waals surface area contributed by atoms with E-state index >= 15 is 0 Å². The number of aliphatic carboxylic acids is 1. The SMILES string of the molecule is Cc1ccc(/C(=N\Nc2ncnc3ccccc23)C(=O)[O-])cc1. The van der Waals surface area contributed by atoms with Crippen LogP contribution in [0.2, 0.25) is 0 Å². The van der Waals surface area contributed by atoms with Crippen molar-refractivity contribution in [1.82, 2.24) is 9.97 Å². The number of aromatic nitrogens is 2. The first kappa shape index (κ1) is 14.6. The molecule has 0 aliphatic carbocycles. The lowest BCUT2D eigenvalue weighted by Gasteiger charge is -2.09. The van der Waals surface area contributed by atoms with Gasteiger partial charge < -0.3 is 9.90 Å². The van der Waals surface area contributed by atoms with E-state index in [2.05, 4.69) is 20.5 Å². The van der Waals surface area contributed by atoms with Crippen LogP contribution in [0.3, 0.4) is 0 Å². The standard InChI is InChI=1S/C17H14N4O2/c1-11-6-8-12(9-7-11)15(17(22)23)20-21-16-13-4-2-3-5-14(13)18-10-19-16/h2-10H,1H3,(H,22,23)(H,18,19,21)/p-1/b20-15+. The van der Waals surface area contributed by atoms with Crippen LogP contribution in [0.5, 0.6) is 0 Å². The second-order valence-corrected chi connectivity index (χ2v) is 4.97. The quantitative estimate of drug-likeness (QED) is 0.583. The van der Waals surface area contributed by atoms with E-state index < -0.39 is 5.97 Å². The van der Waals surface area contributed by atoms with Gasteiger partial charge in [0.15, 0.2) is 5.82 Å². The van der Waals surface area contributed by atoms with Crippen LogP contribution in [0.4, 0.5) is 5.82 Å². The fourth-order valence-corrected chi connectivity index (χ4v) is 2.14. The summed E-state index contributed by atoms with van der Waals surface area (Å²) < 4.78 is 0. The summed E-state index contributed by atoms with van der Waals surface area (Å²) in [6.07, 6.45) is 1.39. The van der Waals surface area contributed by atoms with E-state index in [-0.39, 0.29) is 5.71 Å². The van der Waals surface area contributed by atoms with Gasteiger partial charge in [0.2, 0.25) is 0 Å². The molecule has 0 saturated heterocycles. The molecule has 3 rings (SSSR count). The van der Waals surface area contributed by atoms with Gasteiger partial charge in [-0.1, -0.05) is 42.0 Å². The van der Waals surface area contributed by atoms with Crippen molar-refractivity contribution >= 4 is 28.4 Å². The van der Waals surface area contributed by atoms with Crippen LogP contribution in [-0.4, -0.2) is 21.6 Å². The topological polar surface area (TPSA) is 90.3 Å². The summed E-state index contributed by atoms with van der Waals surface area (Å²) >= 11 is 0. The number of nitrogens with zero attached hydrogens (tertiary/aromatic N) is 3. The summed E-state index contributed by atoms with van der Waals surface area (Å²) in [5.41, 5.74) is 4.74. The summed E-state index contributed by atoms with van der Waals surface area (Å²) in [4.78, 5) is 19.6. The maximum atomic E-state index is 11.4. The molecule has 0 atom stereocenters. The van der Waals surface area contributed by atoms with Gasteiger partial charge >= 0.3 is 0 Å². The maximum absolute atomic E-state index is 11.4. The predicted molar refractivity (Wildman–Crippen MR) is 85.9 cm³/mol. The monoisotopic (exact) mass is 305 g/mol. The molecule has 0 radical (unpaired) electrons. The van der Waals surface area contributed by atoms with Crippen molar-refractivity contribution in [2.24, 2.45) is 5.10 Å². The maximum Gasteiger partial charge on any atom is 0.157 e. The highest BCUT2D eigenvalue weighted by atomic mass is 16.4. The predicted octanol–water partition coefficient (Wildman–Crippen LogP) is 1.50. The first-order chi connectivity index (χ1) is 11.1. The van der Waals surface area contributed by atoms with Gasteiger partial charge in [-0.3, -0.25) is 5.43 Å². The molecule has 3 aromatic rings.